The lowest BCUT2D eigenvalue weighted by Crippen LogP contribution is -2.31. The normalized spacial score (nSPS) is 18.0. The van der Waals surface area contributed by atoms with E-state index in [0.717, 1.165) is 33.6 Å². The highest BCUT2D eigenvalue weighted by molar-refractivity contribution is 9.11. The monoisotopic (exact) mass is 739 g/mol. The molecule has 2 aromatic carbocycles. The zero-order valence-corrected chi connectivity index (χ0v) is 32.4. The fraction of sp³-hybridized carbons (Fsp3) is 0.439. The Bertz CT molecular complexity index is 1970. The van der Waals surface area contributed by atoms with Crippen LogP contribution in [0.5, 0.6) is 0 Å². The molecule has 2 aliphatic rings. The first kappa shape index (κ1) is 38.3. The van der Waals surface area contributed by atoms with E-state index in [9.17, 15) is 30.3 Å². The van der Waals surface area contributed by atoms with Crippen molar-refractivity contribution < 1.29 is 24.4 Å². The third-order valence-corrected chi connectivity index (χ3v) is 10.2. The Kier molecular flexibility index (Phi) is 10.5. The topological polar surface area (TPSA) is 128 Å². The summed E-state index contributed by atoms with van der Waals surface area (Å²) in [6.07, 6.45) is 3.15. The second-order valence-corrected chi connectivity index (χ2v) is 17.1. The maximum Gasteiger partial charge on any atom is 0.309 e. The average molecular weight is 741 g/mol. The van der Waals surface area contributed by atoms with Crippen LogP contribution in [-0.2, 0) is 31.2 Å². The van der Waals surface area contributed by atoms with E-state index < -0.39 is 22.8 Å². The highest BCUT2D eigenvalue weighted by atomic mass is 79.9. The van der Waals surface area contributed by atoms with E-state index in [1.54, 1.807) is 12.2 Å². The second kappa shape index (κ2) is 13.7. The Morgan fingerprint density at radius 1 is 0.840 bits per heavy atom. The number of rotatable bonds is 9. The first-order valence-corrected chi connectivity index (χ1v) is 17.6. The lowest BCUT2D eigenvalue weighted by atomic mass is 9.76. The van der Waals surface area contributed by atoms with Gasteiger partial charge in [-0.2, -0.15) is 15.1 Å². The van der Waals surface area contributed by atoms with Gasteiger partial charge in [-0.3, -0.25) is 9.59 Å². The number of nitriles is 2. The van der Waals surface area contributed by atoms with Crippen LogP contribution < -0.4 is 4.90 Å². The molecule has 0 aliphatic carbocycles. The van der Waals surface area contributed by atoms with Crippen LogP contribution in [0.3, 0.4) is 0 Å². The molecule has 0 saturated carbocycles. The third kappa shape index (κ3) is 7.35. The van der Waals surface area contributed by atoms with E-state index >= 15 is 0 Å². The Morgan fingerprint density at radius 3 is 1.92 bits per heavy atom. The number of anilines is 1. The molecule has 0 bridgehead atoms. The molecule has 0 saturated heterocycles. The first-order chi connectivity index (χ1) is 23.0. The molecular weight excluding hydrogens is 692 g/mol. The summed E-state index contributed by atoms with van der Waals surface area (Å²) in [6.45, 7) is 21.4. The fourth-order valence-electron chi connectivity index (χ4n) is 7.12. The summed E-state index contributed by atoms with van der Waals surface area (Å²) < 4.78 is 2.41. The Balaban J connectivity index is 1.91. The van der Waals surface area contributed by atoms with Crippen molar-refractivity contribution in [3.05, 3.63) is 92.1 Å². The number of carboxylic acids is 2. The standard InChI is InChI=1S/C41H47BrN4O4/c1-38(2,3)27-11-13-32-30(21-27)40(7,8)36(45(32)17-15-34(47)48)25(23-43)19-29(42)20-26(24-44)37-41(9,10)31-22-28(39(4,5)6)12-14-33(31)46(37)18-16-35(49)50/h11-14,19-22H,15-18H2,1-10H3,(H-,47,48,49,50)/p+1. The molecule has 0 atom stereocenters. The SMILES string of the molecule is CC(C)(C)c1ccc2c(c1)C(C)(C)C(/C(C#N)=C/C(Br)=C/C(C#N)=C1/N(CCC(=O)O)c3ccc(C(C)(C)C)cc3C1(C)C)=[N+]2CCC(=O)O. The van der Waals surface area contributed by atoms with Gasteiger partial charge in [0, 0.05) is 39.5 Å². The minimum absolute atomic E-state index is 0.110. The number of nitrogens with zero attached hydrogens (tertiary/aromatic N) is 4. The number of halogens is 1. The zero-order chi connectivity index (χ0) is 37.6. The summed E-state index contributed by atoms with van der Waals surface area (Å²) in [5.41, 5.74) is 6.61. The highest BCUT2D eigenvalue weighted by Gasteiger charge is 2.48. The molecule has 2 aliphatic heterocycles. The molecule has 4 rings (SSSR count). The molecule has 0 fully saturated rings. The van der Waals surface area contributed by atoms with Gasteiger partial charge in [0.15, 0.2) is 6.54 Å². The van der Waals surface area contributed by atoms with Gasteiger partial charge in [0.05, 0.1) is 17.4 Å². The summed E-state index contributed by atoms with van der Waals surface area (Å²) in [7, 11) is 0. The van der Waals surface area contributed by atoms with Gasteiger partial charge in [0.25, 0.3) is 0 Å². The first-order valence-electron chi connectivity index (χ1n) is 16.9. The van der Waals surface area contributed by atoms with Gasteiger partial charge in [-0.05, 0) is 65.7 Å². The van der Waals surface area contributed by atoms with Crippen molar-refractivity contribution >= 4 is 45.0 Å². The van der Waals surface area contributed by atoms with Gasteiger partial charge < -0.3 is 15.1 Å². The fourth-order valence-corrected chi connectivity index (χ4v) is 7.57. The number of hydrogen-bond acceptors (Lipinski definition) is 5. The molecule has 50 heavy (non-hydrogen) atoms. The molecule has 0 unspecified atom stereocenters. The number of hydrogen-bond donors (Lipinski definition) is 2. The van der Waals surface area contributed by atoms with E-state index in [2.05, 4.69) is 93.9 Å². The molecule has 2 N–H and O–H groups in total. The number of benzene rings is 2. The smallest absolute Gasteiger partial charge is 0.309 e. The van der Waals surface area contributed by atoms with E-state index in [1.165, 1.54) is 0 Å². The van der Waals surface area contributed by atoms with Gasteiger partial charge in [-0.25, -0.2) is 0 Å². The van der Waals surface area contributed by atoms with Crippen LogP contribution in [0.2, 0.25) is 0 Å². The molecule has 9 heteroatoms. The van der Waals surface area contributed by atoms with Crippen LogP contribution in [0.1, 0.15) is 104 Å². The zero-order valence-electron chi connectivity index (χ0n) is 30.8. The van der Waals surface area contributed by atoms with Crippen LogP contribution in [0.4, 0.5) is 11.4 Å². The Labute approximate surface area is 304 Å². The van der Waals surface area contributed by atoms with Crippen molar-refractivity contribution in [2.45, 2.75) is 104 Å². The lowest BCUT2D eigenvalue weighted by Gasteiger charge is -2.28. The Hall–Kier alpha value is -4.47. The van der Waals surface area contributed by atoms with E-state index in [1.807, 2.05) is 49.3 Å². The van der Waals surface area contributed by atoms with Crippen LogP contribution in [0.25, 0.3) is 0 Å². The van der Waals surface area contributed by atoms with Gasteiger partial charge in [-0.15, -0.1) is 0 Å². The minimum Gasteiger partial charge on any atom is -0.481 e. The van der Waals surface area contributed by atoms with E-state index in [0.29, 0.717) is 27.0 Å². The molecular formula is C41H48BrN4O4+. The number of fused-ring (bicyclic) bond motifs is 2. The summed E-state index contributed by atoms with van der Waals surface area (Å²) in [4.78, 5) is 25.4. The van der Waals surface area contributed by atoms with Crippen LogP contribution >= 0.6 is 15.9 Å². The number of carbonyl (C=O) groups is 2. The predicted octanol–water partition coefficient (Wildman–Crippen LogP) is 8.91. The highest BCUT2D eigenvalue weighted by Crippen LogP contribution is 2.50. The van der Waals surface area contributed by atoms with Crippen molar-refractivity contribution in [2.24, 2.45) is 0 Å². The average Bonchev–Trinajstić information content (AvgIpc) is 3.37. The van der Waals surface area contributed by atoms with Crippen LogP contribution in [0, 0.1) is 22.7 Å². The molecule has 0 spiro atoms. The molecule has 2 heterocycles. The molecule has 0 aromatic heterocycles. The molecule has 2 aromatic rings. The summed E-state index contributed by atoms with van der Waals surface area (Å²) in [5.74, 6) is -1.86. The Morgan fingerprint density at radius 2 is 1.40 bits per heavy atom. The quantitative estimate of drug-likeness (QED) is 0.149. The maximum atomic E-state index is 11.7. The number of carboxylic acid groups (broad SMARTS) is 2. The van der Waals surface area contributed by atoms with Crippen molar-refractivity contribution in [1.29, 1.82) is 10.5 Å². The lowest BCUT2D eigenvalue weighted by molar-refractivity contribution is -0.437. The van der Waals surface area contributed by atoms with Crippen molar-refractivity contribution in [3.8, 4) is 12.1 Å². The molecule has 0 radical (unpaired) electrons. The predicted molar refractivity (Wildman–Crippen MR) is 201 cm³/mol. The van der Waals surface area contributed by atoms with Gasteiger partial charge >= 0.3 is 11.9 Å². The minimum atomic E-state index is -0.932. The summed E-state index contributed by atoms with van der Waals surface area (Å²) in [6, 6.07) is 17.2. The van der Waals surface area contributed by atoms with Crippen molar-refractivity contribution in [3.63, 3.8) is 0 Å². The van der Waals surface area contributed by atoms with E-state index in [-0.39, 0.29) is 36.8 Å². The largest absolute Gasteiger partial charge is 0.481 e. The molecule has 262 valence electrons. The van der Waals surface area contributed by atoms with Gasteiger partial charge in [-0.1, -0.05) is 89.5 Å². The van der Waals surface area contributed by atoms with Gasteiger partial charge in [0.2, 0.25) is 11.4 Å². The summed E-state index contributed by atoms with van der Waals surface area (Å²) in [5, 5.41) is 40.4. The number of aliphatic carboxylic acids is 2. The second-order valence-electron chi connectivity index (χ2n) is 16.2. The van der Waals surface area contributed by atoms with Crippen molar-refractivity contribution in [1.82, 2.24) is 0 Å². The van der Waals surface area contributed by atoms with Crippen molar-refractivity contribution in [2.75, 3.05) is 18.0 Å². The van der Waals surface area contributed by atoms with Crippen LogP contribution in [-0.4, -0.2) is 45.5 Å². The van der Waals surface area contributed by atoms with Gasteiger partial charge in [0.1, 0.15) is 24.1 Å². The third-order valence-electron chi connectivity index (χ3n) is 9.79. The molecule has 0 amide bonds. The number of allylic oxidation sites excluding steroid dienone is 6. The van der Waals surface area contributed by atoms with Crippen LogP contribution in [0.15, 0.2) is 69.9 Å². The summed E-state index contributed by atoms with van der Waals surface area (Å²) >= 11 is 3.65. The van der Waals surface area contributed by atoms with E-state index in [4.69, 9.17) is 0 Å². The maximum absolute atomic E-state index is 11.7. The molecule has 8 nitrogen and oxygen atoms in total.